The van der Waals surface area contributed by atoms with Crippen LogP contribution in [-0.2, 0) is 4.79 Å². The lowest BCUT2D eigenvalue weighted by Crippen LogP contribution is -2.39. The normalized spacial score (nSPS) is 19.4. The number of aliphatic carboxylic acids is 1. The van der Waals surface area contributed by atoms with Crippen LogP contribution < -0.4 is 4.74 Å². The Labute approximate surface area is 152 Å². The zero-order valence-electron chi connectivity index (χ0n) is 13.0. The predicted octanol–water partition coefficient (Wildman–Crippen LogP) is 4.30. The molecule has 3 rings (SSSR count). The third-order valence-corrected chi connectivity index (χ3v) is 5.94. The summed E-state index contributed by atoms with van der Waals surface area (Å²) >= 11 is 4.99. The van der Waals surface area contributed by atoms with Crippen LogP contribution in [0, 0.1) is 5.82 Å². The second kappa shape index (κ2) is 7.21. The molecule has 0 spiro atoms. The van der Waals surface area contributed by atoms with E-state index < -0.39 is 17.8 Å². The van der Waals surface area contributed by atoms with Gasteiger partial charge in [-0.05, 0) is 58.6 Å². The molecule has 1 aliphatic rings. The van der Waals surface area contributed by atoms with E-state index in [4.69, 9.17) is 4.74 Å². The van der Waals surface area contributed by atoms with Gasteiger partial charge in [0.25, 0.3) is 0 Å². The first-order valence-electron chi connectivity index (χ1n) is 7.58. The molecule has 1 aromatic carbocycles. The fourth-order valence-corrected chi connectivity index (χ4v) is 4.78. The Bertz CT molecular complexity index is 751. The number of ether oxygens (including phenoxy) is 1. The van der Waals surface area contributed by atoms with Crippen molar-refractivity contribution in [1.82, 2.24) is 4.90 Å². The van der Waals surface area contributed by atoms with Crippen LogP contribution in [0.5, 0.6) is 5.75 Å². The maximum absolute atomic E-state index is 14.2. The van der Waals surface area contributed by atoms with Gasteiger partial charge in [0.2, 0.25) is 0 Å². The lowest BCUT2D eigenvalue weighted by Gasteiger charge is -2.31. The highest BCUT2D eigenvalue weighted by Gasteiger charge is 2.37. The van der Waals surface area contributed by atoms with Crippen LogP contribution in [0.25, 0.3) is 0 Å². The van der Waals surface area contributed by atoms with E-state index in [1.807, 2.05) is 17.0 Å². The third kappa shape index (κ3) is 3.34. The van der Waals surface area contributed by atoms with Crippen LogP contribution in [0.2, 0.25) is 0 Å². The summed E-state index contributed by atoms with van der Waals surface area (Å²) in [6.45, 7) is 0.671. The van der Waals surface area contributed by atoms with E-state index in [1.165, 1.54) is 24.5 Å². The summed E-state index contributed by atoms with van der Waals surface area (Å²) in [7, 11) is 1.42. The van der Waals surface area contributed by atoms with Gasteiger partial charge in [0.05, 0.1) is 16.9 Å². The number of likely N-dealkylation sites (tertiary alicyclic amines) is 1. The van der Waals surface area contributed by atoms with Crippen molar-refractivity contribution >= 4 is 33.2 Å². The summed E-state index contributed by atoms with van der Waals surface area (Å²) in [5, 5.41) is 9.53. The van der Waals surface area contributed by atoms with E-state index in [2.05, 4.69) is 15.9 Å². The predicted molar refractivity (Wildman–Crippen MR) is 94.2 cm³/mol. The van der Waals surface area contributed by atoms with Crippen molar-refractivity contribution in [2.45, 2.75) is 24.9 Å². The summed E-state index contributed by atoms with van der Waals surface area (Å²) < 4.78 is 20.2. The minimum absolute atomic E-state index is 0.182. The molecule has 0 bridgehead atoms. The van der Waals surface area contributed by atoms with Crippen LogP contribution in [0.1, 0.15) is 29.3 Å². The minimum atomic E-state index is -0.831. The molecule has 4 nitrogen and oxygen atoms in total. The molecule has 128 valence electrons. The van der Waals surface area contributed by atoms with Crippen molar-refractivity contribution in [1.29, 1.82) is 0 Å². The van der Waals surface area contributed by atoms with Gasteiger partial charge >= 0.3 is 5.97 Å². The van der Waals surface area contributed by atoms with E-state index >= 15 is 0 Å². The number of hydrogen-bond donors (Lipinski definition) is 1. The third-order valence-electron chi connectivity index (χ3n) is 4.27. The summed E-state index contributed by atoms with van der Waals surface area (Å²) in [5.41, 5.74) is 0.732. The molecule has 1 saturated heterocycles. The van der Waals surface area contributed by atoms with Gasteiger partial charge in [0.1, 0.15) is 6.04 Å². The molecule has 2 atom stereocenters. The fourth-order valence-electron chi connectivity index (χ4n) is 3.21. The summed E-state index contributed by atoms with van der Waals surface area (Å²) in [6.07, 6.45) is 1.43. The molecule has 1 fully saturated rings. The van der Waals surface area contributed by atoms with Crippen LogP contribution in [-0.4, -0.2) is 35.7 Å². The van der Waals surface area contributed by atoms with Gasteiger partial charge in [-0.15, -0.1) is 11.3 Å². The first-order chi connectivity index (χ1) is 11.5. The number of halogens is 2. The van der Waals surface area contributed by atoms with Gasteiger partial charge < -0.3 is 9.84 Å². The Kier molecular flexibility index (Phi) is 5.22. The van der Waals surface area contributed by atoms with Crippen molar-refractivity contribution in [3.05, 3.63) is 50.4 Å². The van der Waals surface area contributed by atoms with Gasteiger partial charge in [0.15, 0.2) is 11.6 Å². The fraction of sp³-hybridized carbons (Fsp3) is 0.353. The lowest BCUT2D eigenvalue weighted by molar-refractivity contribution is -0.142. The lowest BCUT2D eigenvalue weighted by atomic mass is 10.0. The Morgan fingerprint density at radius 3 is 2.83 bits per heavy atom. The molecule has 2 unspecified atom stereocenters. The molecule has 24 heavy (non-hydrogen) atoms. The smallest absolute Gasteiger partial charge is 0.320 e. The molecule has 1 N–H and O–H groups in total. The molecular formula is C17H17BrFNO3S. The number of thiophene rings is 1. The van der Waals surface area contributed by atoms with Gasteiger partial charge in [0, 0.05) is 11.4 Å². The zero-order valence-corrected chi connectivity index (χ0v) is 15.4. The van der Waals surface area contributed by atoms with Crippen molar-refractivity contribution in [3.8, 4) is 5.75 Å². The highest BCUT2D eigenvalue weighted by Crippen LogP contribution is 2.40. The Hall–Kier alpha value is -1.44. The van der Waals surface area contributed by atoms with E-state index in [-0.39, 0.29) is 11.8 Å². The SMILES string of the molecule is COc1ccc(C(c2ccc(Br)s2)N2CCCC2C(=O)O)cc1F. The van der Waals surface area contributed by atoms with Crippen molar-refractivity contribution in [2.75, 3.05) is 13.7 Å². The Balaban J connectivity index is 2.05. The first-order valence-corrected chi connectivity index (χ1v) is 9.19. The summed E-state index contributed by atoms with van der Waals surface area (Å²) in [4.78, 5) is 14.5. The number of carbonyl (C=O) groups is 1. The number of benzene rings is 1. The molecule has 2 aromatic rings. The zero-order chi connectivity index (χ0) is 17.3. The topological polar surface area (TPSA) is 49.8 Å². The molecule has 1 aromatic heterocycles. The van der Waals surface area contributed by atoms with Crippen molar-refractivity contribution in [3.63, 3.8) is 0 Å². The average molecular weight is 414 g/mol. The van der Waals surface area contributed by atoms with Gasteiger partial charge in [-0.2, -0.15) is 0 Å². The summed E-state index contributed by atoms with van der Waals surface area (Å²) in [6, 6.07) is 7.88. The van der Waals surface area contributed by atoms with Crippen LogP contribution >= 0.6 is 27.3 Å². The number of rotatable bonds is 5. The highest BCUT2D eigenvalue weighted by atomic mass is 79.9. The maximum atomic E-state index is 14.2. The minimum Gasteiger partial charge on any atom is -0.494 e. The number of nitrogens with zero attached hydrogens (tertiary/aromatic N) is 1. The van der Waals surface area contributed by atoms with Gasteiger partial charge in [-0.25, -0.2) is 4.39 Å². The quantitative estimate of drug-likeness (QED) is 0.793. The van der Waals surface area contributed by atoms with Gasteiger partial charge in [-0.1, -0.05) is 6.07 Å². The number of carboxylic acid groups (broad SMARTS) is 1. The molecule has 2 heterocycles. The molecular weight excluding hydrogens is 397 g/mol. The van der Waals surface area contributed by atoms with Crippen molar-refractivity contribution < 1.29 is 19.0 Å². The van der Waals surface area contributed by atoms with E-state index in [1.54, 1.807) is 12.1 Å². The number of carboxylic acids is 1. The van der Waals surface area contributed by atoms with E-state index in [0.717, 1.165) is 20.6 Å². The molecule has 0 saturated carbocycles. The van der Waals surface area contributed by atoms with Crippen molar-refractivity contribution in [2.24, 2.45) is 0 Å². The van der Waals surface area contributed by atoms with E-state index in [9.17, 15) is 14.3 Å². The maximum Gasteiger partial charge on any atom is 0.320 e. The summed E-state index contributed by atoms with van der Waals surface area (Å²) in [5.74, 6) is -1.09. The van der Waals surface area contributed by atoms with E-state index in [0.29, 0.717) is 13.0 Å². The molecule has 0 amide bonds. The largest absolute Gasteiger partial charge is 0.494 e. The highest BCUT2D eigenvalue weighted by molar-refractivity contribution is 9.11. The second-order valence-corrected chi connectivity index (χ2v) is 8.17. The monoisotopic (exact) mass is 413 g/mol. The Morgan fingerprint density at radius 2 is 2.25 bits per heavy atom. The van der Waals surface area contributed by atoms with Crippen LogP contribution in [0.3, 0.4) is 0 Å². The van der Waals surface area contributed by atoms with Gasteiger partial charge in [-0.3, -0.25) is 9.69 Å². The molecule has 7 heteroatoms. The molecule has 1 aliphatic heterocycles. The standard InChI is InChI=1S/C17H17BrFNO3S/c1-23-13-5-4-10(9-11(13)19)16(14-6-7-15(18)24-14)20-8-2-3-12(20)17(21)22/h4-7,9,12,16H,2-3,8H2,1H3,(H,21,22). The Morgan fingerprint density at radius 1 is 1.46 bits per heavy atom. The average Bonchev–Trinajstić information content (AvgIpc) is 3.18. The molecule has 0 aliphatic carbocycles. The molecule has 0 radical (unpaired) electrons. The van der Waals surface area contributed by atoms with Crippen LogP contribution in [0.15, 0.2) is 34.1 Å². The number of methoxy groups -OCH3 is 1. The second-order valence-electron chi connectivity index (χ2n) is 5.67. The number of hydrogen-bond acceptors (Lipinski definition) is 4. The van der Waals surface area contributed by atoms with Crippen LogP contribution in [0.4, 0.5) is 4.39 Å². The first kappa shape index (κ1) is 17.4.